The van der Waals surface area contributed by atoms with Crippen LogP contribution in [-0.4, -0.2) is 10.4 Å². The molecule has 2 aromatic rings. The maximum atomic E-state index is 5.70. The molecule has 1 heterocycles. The minimum atomic E-state index is 0.364. The summed E-state index contributed by atoms with van der Waals surface area (Å²) in [5.74, 6) is 5.54. The van der Waals surface area contributed by atoms with Gasteiger partial charge in [-0.15, -0.1) is 0 Å². The molecule has 2 rings (SSSR count). The molecule has 84 valence electrons. The van der Waals surface area contributed by atoms with E-state index in [1.54, 1.807) is 0 Å². The van der Waals surface area contributed by atoms with Crippen molar-refractivity contribution in [3.05, 3.63) is 35.5 Å². The molecule has 0 atom stereocenters. The number of hydrogen-bond acceptors (Lipinski definition) is 2. The molecule has 0 amide bonds. The first-order chi connectivity index (χ1) is 7.67. The molecule has 1 aromatic carbocycles. The highest BCUT2D eigenvalue weighted by Crippen LogP contribution is 2.20. The van der Waals surface area contributed by atoms with Crippen LogP contribution in [0.1, 0.15) is 18.2 Å². The predicted molar refractivity (Wildman–Crippen MR) is 67.3 cm³/mol. The predicted octanol–water partition coefficient (Wildman–Crippen LogP) is 1.55. The average Bonchev–Trinajstić information content (AvgIpc) is 2.62. The quantitative estimate of drug-likeness (QED) is 0.346. The van der Waals surface area contributed by atoms with E-state index >= 15 is 0 Å². The molecular weight excluding hydrogens is 200 g/mol. The van der Waals surface area contributed by atoms with Crippen LogP contribution in [-0.2, 0) is 6.54 Å². The van der Waals surface area contributed by atoms with Crippen molar-refractivity contribution in [2.24, 2.45) is 16.7 Å². The van der Waals surface area contributed by atoms with Gasteiger partial charge in [0, 0.05) is 23.3 Å². The first-order valence-electron chi connectivity index (χ1n) is 5.31. The van der Waals surface area contributed by atoms with Crippen LogP contribution in [0.2, 0.25) is 0 Å². The summed E-state index contributed by atoms with van der Waals surface area (Å²) in [6, 6.07) is 8.17. The van der Waals surface area contributed by atoms with Crippen LogP contribution in [0.3, 0.4) is 0 Å². The van der Waals surface area contributed by atoms with E-state index in [1.807, 2.05) is 18.2 Å². The van der Waals surface area contributed by atoms with Gasteiger partial charge in [0.15, 0.2) is 0 Å². The number of nitrogens with two attached hydrogens (primary N) is 2. The molecule has 0 spiro atoms. The second-order valence-electron chi connectivity index (χ2n) is 3.82. The van der Waals surface area contributed by atoms with E-state index < -0.39 is 0 Å². The van der Waals surface area contributed by atoms with Crippen molar-refractivity contribution < 1.29 is 0 Å². The molecule has 0 unspecified atom stereocenters. The van der Waals surface area contributed by atoms with E-state index in [0.717, 1.165) is 12.1 Å². The van der Waals surface area contributed by atoms with Gasteiger partial charge in [0.1, 0.15) is 5.84 Å². The molecule has 4 N–H and O–H groups in total. The van der Waals surface area contributed by atoms with E-state index in [4.69, 9.17) is 11.6 Å². The van der Waals surface area contributed by atoms with Gasteiger partial charge in [0.25, 0.3) is 0 Å². The van der Waals surface area contributed by atoms with E-state index in [9.17, 15) is 0 Å². The summed E-state index contributed by atoms with van der Waals surface area (Å²) in [6.45, 7) is 5.17. The van der Waals surface area contributed by atoms with Gasteiger partial charge in [-0.3, -0.25) is 0 Å². The zero-order chi connectivity index (χ0) is 11.7. The van der Waals surface area contributed by atoms with Crippen molar-refractivity contribution in [1.29, 1.82) is 0 Å². The van der Waals surface area contributed by atoms with Crippen LogP contribution < -0.4 is 11.6 Å². The smallest absolute Gasteiger partial charge is 0.150 e. The summed E-state index contributed by atoms with van der Waals surface area (Å²) in [4.78, 5) is 0. The number of amidine groups is 1. The maximum Gasteiger partial charge on any atom is 0.150 e. The SMILES string of the molecule is CCn1c(C)cc2ccc(/C(N)=N\N)cc21. The Bertz CT molecular complexity index is 551. The Balaban J connectivity index is 2.68. The zero-order valence-electron chi connectivity index (χ0n) is 9.57. The van der Waals surface area contributed by atoms with Gasteiger partial charge in [-0.05, 0) is 31.4 Å². The van der Waals surface area contributed by atoms with Crippen molar-refractivity contribution in [1.82, 2.24) is 4.57 Å². The standard InChI is InChI=1S/C12H16N4/c1-3-16-8(2)6-9-4-5-10(7-11(9)16)12(13)15-14/h4-7H,3,14H2,1-2H3,(H2,13,15). The van der Waals surface area contributed by atoms with E-state index in [-0.39, 0.29) is 0 Å². The molecule has 0 radical (unpaired) electrons. The molecule has 0 bridgehead atoms. The maximum absolute atomic E-state index is 5.70. The summed E-state index contributed by atoms with van der Waals surface area (Å²) >= 11 is 0. The minimum absolute atomic E-state index is 0.364. The van der Waals surface area contributed by atoms with E-state index in [0.29, 0.717) is 5.84 Å². The molecule has 1 aromatic heterocycles. The topological polar surface area (TPSA) is 69.3 Å². The highest BCUT2D eigenvalue weighted by atomic mass is 15.2. The first kappa shape index (κ1) is 10.5. The fourth-order valence-electron chi connectivity index (χ4n) is 2.05. The van der Waals surface area contributed by atoms with Gasteiger partial charge >= 0.3 is 0 Å². The summed E-state index contributed by atoms with van der Waals surface area (Å²) < 4.78 is 2.24. The largest absolute Gasteiger partial charge is 0.382 e. The van der Waals surface area contributed by atoms with Crippen LogP contribution in [0.4, 0.5) is 0 Å². The number of hydrazone groups is 1. The summed E-state index contributed by atoms with van der Waals surface area (Å²) in [5.41, 5.74) is 8.98. The average molecular weight is 216 g/mol. The number of hydrogen-bond donors (Lipinski definition) is 2. The highest BCUT2D eigenvalue weighted by Gasteiger charge is 2.06. The molecule has 4 nitrogen and oxygen atoms in total. The van der Waals surface area contributed by atoms with Gasteiger partial charge in [0.2, 0.25) is 0 Å². The lowest BCUT2D eigenvalue weighted by Crippen LogP contribution is -2.15. The number of rotatable bonds is 2. The Morgan fingerprint density at radius 1 is 1.38 bits per heavy atom. The Hall–Kier alpha value is -1.97. The molecular formula is C12H16N4. The Morgan fingerprint density at radius 2 is 2.12 bits per heavy atom. The van der Waals surface area contributed by atoms with Gasteiger partial charge < -0.3 is 16.1 Å². The van der Waals surface area contributed by atoms with Crippen LogP contribution in [0.5, 0.6) is 0 Å². The normalized spacial score (nSPS) is 12.2. The fourth-order valence-corrected chi connectivity index (χ4v) is 2.05. The van der Waals surface area contributed by atoms with Gasteiger partial charge in [0.05, 0.1) is 0 Å². The number of aryl methyl sites for hydroxylation is 2. The lowest BCUT2D eigenvalue weighted by Gasteiger charge is -2.05. The third-order valence-corrected chi connectivity index (χ3v) is 2.86. The third-order valence-electron chi connectivity index (χ3n) is 2.86. The number of aromatic nitrogens is 1. The lowest BCUT2D eigenvalue weighted by atomic mass is 10.1. The molecule has 0 aliphatic carbocycles. The Kier molecular flexibility index (Phi) is 2.56. The third kappa shape index (κ3) is 1.52. The second kappa shape index (κ2) is 3.89. The second-order valence-corrected chi connectivity index (χ2v) is 3.82. The molecule has 16 heavy (non-hydrogen) atoms. The summed E-state index contributed by atoms with van der Waals surface area (Å²) in [7, 11) is 0. The van der Waals surface area contributed by atoms with Crippen LogP contribution in [0.25, 0.3) is 10.9 Å². The highest BCUT2D eigenvalue weighted by molar-refractivity contribution is 6.00. The molecule has 0 saturated carbocycles. The molecule has 0 aliphatic rings. The monoisotopic (exact) mass is 216 g/mol. The Labute approximate surface area is 94.5 Å². The minimum Gasteiger partial charge on any atom is -0.382 e. The van der Waals surface area contributed by atoms with Crippen molar-refractivity contribution in [3.63, 3.8) is 0 Å². The van der Waals surface area contributed by atoms with E-state index in [2.05, 4.69) is 29.6 Å². The van der Waals surface area contributed by atoms with Gasteiger partial charge in [-0.25, -0.2) is 0 Å². The molecule has 0 saturated heterocycles. The van der Waals surface area contributed by atoms with Gasteiger partial charge in [-0.2, -0.15) is 5.10 Å². The first-order valence-corrected chi connectivity index (χ1v) is 5.31. The van der Waals surface area contributed by atoms with Crippen LogP contribution in [0, 0.1) is 6.92 Å². The molecule has 0 aliphatic heterocycles. The van der Waals surface area contributed by atoms with Crippen LogP contribution in [0.15, 0.2) is 29.4 Å². The lowest BCUT2D eigenvalue weighted by molar-refractivity contribution is 0.769. The van der Waals surface area contributed by atoms with Crippen molar-refractivity contribution in [3.8, 4) is 0 Å². The van der Waals surface area contributed by atoms with Crippen molar-refractivity contribution >= 4 is 16.7 Å². The fraction of sp³-hybridized carbons (Fsp3) is 0.250. The van der Waals surface area contributed by atoms with Crippen molar-refractivity contribution in [2.75, 3.05) is 0 Å². The molecule has 4 heteroatoms. The Morgan fingerprint density at radius 3 is 2.75 bits per heavy atom. The number of fused-ring (bicyclic) bond motifs is 1. The zero-order valence-corrected chi connectivity index (χ0v) is 9.57. The summed E-state index contributed by atoms with van der Waals surface area (Å²) in [5, 5.41) is 4.73. The summed E-state index contributed by atoms with van der Waals surface area (Å²) in [6.07, 6.45) is 0. The number of benzene rings is 1. The van der Waals surface area contributed by atoms with Crippen LogP contribution >= 0.6 is 0 Å². The number of nitrogens with zero attached hydrogens (tertiary/aromatic N) is 2. The molecule has 0 fully saturated rings. The van der Waals surface area contributed by atoms with Gasteiger partial charge in [-0.1, -0.05) is 12.1 Å². The van der Waals surface area contributed by atoms with Crippen molar-refractivity contribution in [2.45, 2.75) is 20.4 Å². The van der Waals surface area contributed by atoms with E-state index in [1.165, 1.54) is 16.6 Å².